The summed E-state index contributed by atoms with van der Waals surface area (Å²) in [7, 11) is 0. The van der Waals surface area contributed by atoms with Gasteiger partial charge in [-0.1, -0.05) is 0 Å². The minimum atomic E-state index is -0.731. The Morgan fingerprint density at radius 3 is 3.06 bits per heavy atom. The predicted molar refractivity (Wildman–Crippen MR) is 60.4 cm³/mol. The van der Waals surface area contributed by atoms with Crippen molar-refractivity contribution in [2.24, 2.45) is 5.92 Å². The zero-order valence-corrected chi connectivity index (χ0v) is 9.55. The number of anilines is 1. The van der Waals surface area contributed by atoms with Gasteiger partial charge in [-0.3, -0.25) is 4.79 Å². The summed E-state index contributed by atoms with van der Waals surface area (Å²) >= 11 is 0. The maximum absolute atomic E-state index is 10.6. The second kappa shape index (κ2) is 4.15. The summed E-state index contributed by atoms with van der Waals surface area (Å²) in [6.45, 7) is 4.19. The molecular formula is C11H17N3O2. The molecule has 0 fully saturated rings. The summed E-state index contributed by atoms with van der Waals surface area (Å²) in [6.07, 6.45) is 2.67. The van der Waals surface area contributed by atoms with Crippen LogP contribution in [0.15, 0.2) is 12.3 Å². The lowest BCUT2D eigenvalue weighted by molar-refractivity contribution is -0.137. The first-order chi connectivity index (χ1) is 7.59. The third-order valence-corrected chi connectivity index (χ3v) is 3.39. The Morgan fingerprint density at radius 1 is 1.62 bits per heavy atom. The first-order valence-electron chi connectivity index (χ1n) is 5.61. The fourth-order valence-corrected chi connectivity index (χ4v) is 2.47. The summed E-state index contributed by atoms with van der Waals surface area (Å²) in [5.74, 6) is 0.598. The Kier molecular flexibility index (Phi) is 2.85. The van der Waals surface area contributed by atoms with Crippen molar-refractivity contribution in [3.05, 3.63) is 12.3 Å². The van der Waals surface area contributed by atoms with Gasteiger partial charge in [0.05, 0.1) is 12.2 Å². The first-order valence-corrected chi connectivity index (χ1v) is 5.61. The van der Waals surface area contributed by atoms with Crippen molar-refractivity contribution >= 4 is 11.8 Å². The molecule has 1 aliphatic heterocycles. The molecule has 0 spiro atoms. The molecule has 0 unspecified atom stereocenters. The monoisotopic (exact) mass is 223 g/mol. The van der Waals surface area contributed by atoms with Gasteiger partial charge in [-0.25, -0.2) is 4.68 Å². The number of rotatable bonds is 3. The van der Waals surface area contributed by atoms with E-state index in [1.54, 1.807) is 6.20 Å². The third-order valence-electron chi connectivity index (χ3n) is 3.39. The number of nitrogens with one attached hydrogen (secondary N) is 1. The zero-order chi connectivity index (χ0) is 11.7. The Hall–Kier alpha value is -1.52. The average Bonchev–Trinajstić information content (AvgIpc) is 2.64. The average molecular weight is 223 g/mol. The highest BCUT2D eigenvalue weighted by Gasteiger charge is 2.31. The van der Waals surface area contributed by atoms with Crippen LogP contribution in [0.25, 0.3) is 0 Å². The van der Waals surface area contributed by atoms with Crippen LogP contribution in [-0.2, 0) is 4.79 Å². The quantitative estimate of drug-likeness (QED) is 0.819. The van der Waals surface area contributed by atoms with Crippen LogP contribution in [0.3, 0.4) is 0 Å². The number of hydrogen-bond donors (Lipinski definition) is 2. The number of carboxylic acid groups (broad SMARTS) is 1. The standard InChI is InChI=1S/C11H17N3O2/c1-7-9(3-4-11(15)16)8(2)14-10(13-7)5-6-12-14/h5-9,13H,3-4H2,1-2H3,(H,15,16)/t7-,8+,9+/m0/s1. The van der Waals surface area contributed by atoms with E-state index in [2.05, 4.69) is 24.3 Å². The van der Waals surface area contributed by atoms with Crippen molar-refractivity contribution in [3.63, 3.8) is 0 Å². The zero-order valence-electron chi connectivity index (χ0n) is 9.55. The summed E-state index contributed by atoms with van der Waals surface area (Å²) in [5.41, 5.74) is 0. The maximum atomic E-state index is 10.6. The van der Waals surface area contributed by atoms with E-state index in [-0.39, 0.29) is 12.5 Å². The van der Waals surface area contributed by atoms with Gasteiger partial charge in [-0.2, -0.15) is 5.10 Å². The molecule has 1 aromatic heterocycles. The number of aliphatic carboxylic acids is 1. The first kappa shape index (κ1) is 11.0. The van der Waals surface area contributed by atoms with Gasteiger partial charge >= 0.3 is 5.97 Å². The molecule has 0 saturated heterocycles. The molecule has 5 nitrogen and oxygen atoms in total. The molecule has 0 amide bonds. The van der Waals surface area contributed by atoms with Crippen molar-refractivity contribution in [1.82, 2.24) is 9.78 Å². The highest BCUT2D eigenvalue weighted by Crippen LogP contribution is 2.33. The van der Waals surface area contributed by atoms with E-state index in [0.717, 1.165) is 5.82 Å². The third kappa shape index (κ3) is 1.89. The second-order valence-corrected chi connectivity index (χ2v) is 4.43. The van der Waals surface area contributed by atoms with Gasteiger partial charge in [0.25, 0.3) is 0 Å². The Morgan fingerprint density at radius 2 is 2.38 bits per heavy atom. The van der Waals surface area contributed by atoms with E-state index in [1.165, 1.54) is 0 Å². The summed E-state index contributed by atoms with van der Waals surface area (Å²) in [5, 5.41) is 16.3. The Labute approximate surface area is 94.5 Å². The summed E-state index contributed by atoms with van der Waals surface area (Å²) in [4.78, 5) is 10.6. The second-order valence-electron chi connectivity index (χ2n) is 4.43. The minimum Gasteiger partial charge on any atom is -0.481 e. The number of nitrogens with zero attached hydrogens (tertiary/aromatic N) is 2. The van der Waals surface area contributed by atoms with Crippen LogP contribution in [0.2, 0.25) is 0 Å². The van der Waals surface area contributed by atoms with Gasteiger partial charge in [0.15, 0.2) is 0 Å². The van der Waals surface area contributed by atoms with E-state index in [9.17, 15) is 4.79 Å². The number of fused-ring (bicyclic) bond motifs is 1. The van der Waals surface area contributed by atoms with Crippen LogP contribution in [0.1, 0.15) is 32.7 Å². The number of carboxylic acids is 1. The molecule has 2 N–H and O–H groups in total. The fourth-order valence-electron chi connectivity index (χ4n) is 2.47. The van der Waals surface area contributed by atoms with Gasteiger partial charge < -0.3 is 10.4 Å². The fraction of sp³-hybridized carbons (Fsp3) is 0.636. The number of carbonyl (C=O) groups is 1. The molecule has 88 valence electrons. The van der Waals surface area contributed by atoms with Gasteiger partial charge in [-0.15, -0.1) is 0 Å². The van der Waals surface area contributed by atoms with Gasteiger partial charge in [0.1, 0.15) is 5.82 Å². The van der Waals surface area contributed by atoms with E-state index >= 15 is 0 Å². The molecule has 16 heavy (non-hydrogen) atoms. The van der Waals surface area contributed by atoms with Crippen LogP contribution < -0.4 is 5.32 Å². The molecule has 3 atom stereocenters. The van der Waals surface area contributed by atoms with E-state index in [4.69, 9.17) is 5.11 Å². The van der Waals surface area contributed by atoms with Gasteiger partial charge in [0, 0.05) is 24.4 Å². The lowest BCUT2D eigenvalue weighted by Crippen LogP contribution is -2.38. The molecule has 0 bridgehead atoms. The van der Waals surface area contributed by atoms with E-state index in [1.807, 2.05) is 10.7 Å². The molecule has 1 aliphatic rings. The largest absolute Gasteiger partial charge is 0.481 e. The van der Waals surface area contributed by atoms with Gasteiger partial charge in [-0.05, 0) is 20.3 Å². The van der Waals surface area contributed by atoms with Crippen molar-refractivity contribution in [2.75, 3.05) is 5.32 Å². The normalized spacial score (nSPS) is 28.2. The SMILES string of the molecule is C[C@@H]1Nc2ccnn2[C@H](C)[C@@H]1CCC(=O)O. The molecule has 0 aliphatic carbocycles. The molecular weight excluding hydrogens is 206 g/mol. The van der Waals surface area contributed by atoms with Crippen molar-refractivity contribution in [3.8, 4) is 0 Å². The van der Waals surface area contributed by atoms with Gasteiger partial charge in [0.2, 0.25) is 0 Å². The van der Waals surface area contributed by atoms with Crippen LogP contribution in [0.4, 0.5) is 5.82 Å². The lowest BCUT2D eigenvalue weighted by atomic mass is 9.87. The van der Waals surface area contributed by atoms with Crippen LogP contribution in [0, 0.1) is 5.92 Å². The smallest absolute Gasteiger partial charge is 0.303 e. The predicted octanol–water partition coefficient (Wildman–Crippen LogP) is 1.74. The van der Waals surface area contributed by atoms with E-state index < -0.39 is 5.97 Å². The summed E-state index contributed by atoms with van der Waals surface area (Å²) in [6, 6.07) is 2.49. The number of hydrogen-bond acceptors (Lipinski definition) is 3. The summed E-state index contributed by atoms with van der Waals surface area (Å²) < 4.78 is 1.94. The molecule has 0 saturated carbocycles. The van der Waals surface area contributed by atoms with Crippen LogP contribution in [-0.4, -0.2) is 26.9 Å². The molecule has 5 heteroatoms. The molecule has 1 aromatic rings. The highest BCUT2D eigenvalue weighted by atomic mass is 16.4. The van der Waals surface area contributed by atoms with Crippen molar-refractivity contribution < 1.29 is 9.90 Å². The maximum Gasteiger partial charge on any atom is 0.303 e. The Bertz CT molecular complexity index is 388. The molecule has 0 radical (unpaired) electrons. The molecule has 2 heterocycles. The minimum absolute atomic E-state index is 0.220. The topological polar surface area (TPSA) is 67.2 Å². The molecule has 0 aromatic carbocycles. The van der Waals surface area contributed by atoms with Crippen molar-refractivity contribution in [2.45, 2.75) is 38.8 Å². The Balaban J connectivity index is 2.12. The number of aromatic nitrogens is 2. The molecule has 2 rings (SSSR count). The highest BCUT2D eigenvalue weighted by molar-refractivity contribution is 5.66. The van der Waals surface area contributed by atoms with Crippen LogP contribution in [0.5, 0.6) is 0 Å². The lowest BCUT2D eigenvalue weighted by Gasteiger charge is -2.36. The van der Waals surface area contributed by atoms with Crippen LogP contribution >= 0.6 is 0 Å². The van der Waals surface area contributed by atoms with E-state index in [0.29, 0.717) is 18.4 Å². The van der Waals surface area contributed by atoms with Crippen molar-refractivity contribution in [1.29, 1.82) is 0 Å².